The lowest BCUT2D eigenvalue weighted by molar-refractivity contribution is -0.178. The molecule has 4 fully saturated rings. The van der Waals surface area contributed by atoms with E-state index in [-0.39, 0.29) is 5.66 Å². The van der Waals surface area contributed by atoms with Crippen LogP contribution >= 0.6 is 0 Å². The number of nitrogens with zero attached hydrogens (tertiary/aromatic N) is 4. The smallest absolute Gasteiger partial charge is 0.104 e. The zero-order valence-electron chi connectivity index (χ0n) is 18.6. The van der Waals surface area contributed by atoms with Crippen LogP contribution in [0.15, 0.2) is 0 Å². The third-order valence-electron chi connectivity index (χ3n) is 7.36. The van der Waals surface area contributed by atoms with E-state index in [9.17, 15) is 0 Å². The second kappa shape index (κ2) is 10.8. The van der Waals surface area contributed by atoms with Crippen molar-refractivity contribution in [2.75, 3.05) is 105 Å². The van der Waals surface area contributed by atoms with Gasteiger partial charge in [0, 0.05) is 105 Å². The first-order chi connectivity index (χ1) is 14.4. The standard InChI is InChI=1S/C21H44N8/c1-2-3-21(28-16-8-24-9-17-28,29-18-10-25-11-19-29)20(26-12-4-22-5-13-26)27-14-6-23-7-15-27/h20,22-25H,2-19H2,1H3. The molecule has 8 nitrogen and oxygen atoms in total. The van der Waals surface area contributed by atoms with Gasteiger partial charge in [-0.2, -0.15) is 0 Å². The lowest BCUT2D eigenvalue weighted by atomic mass is 9.90. The van der Waals surface area contributed by atoms with Crippen LogP contribution in [0.2, 0.25) is 0 Å². The van der Waals surface area contributed by atoms with E-state index < -0.39 is 0 Å². The average Bonchev–Trinajstić information content (AvgIpc) is 2.81. The predicted octanol–water partition coefficient (Wildman–Crippen LogP) is -1.57. The monoisotopic (exact) mass is 408 g/mol. The van der Waals surface area contributed by atoms with Crippen LogP contribution in [0.1, 0.15) is 19.8 Å². The van der Waals surface area contributed by atoms with E-state index in [2.05, 4.69) is 47.8 Å². The Kier molecular flexibility index (Phi) is 8.17. The maximum Gasteiger partial charge on any atom is 0.104 e. The Morgan fingerprint density at radius 2 is 0.931 bits per heavy atom. The number of rotatable bonds is 7. The van der Waals surface area contributed by atoms with Gasteiger partial charge in [-0.25, -0.2) is 0 Å². The van der Waals surface area contributed by atoms with E-state index in [1.165, 1.54) is 39.0 Å². The van der Waals surface area contributed by atoms with E-state index >= 15 is 0 Å². The van der Waals surface area contributed by atoms with Crippen LogP contribution in [0.5, 0.6) is 0 Å². The normalized spacial score (nSPS) is 27.5. The maximum absolute atomic E-state index is 3.61. The first-order valence-corrected chi connectivity index (χ1v) is 12.2. The first kappa shape index (κ1) is 21.9. The minimum absolute atomic E-state index is 0.105. The van der Waals surface area contributed by atoms with Crippen molar-refractivity contribution in [3.63, 3.8) is 0 Å². The van der Waals surface area contributed by atoms with Crippen molar-refractivity contribution >= 4 is 0 Å². The van der Waals surface area contributed by atoms with Crippen molar-refractivity contribution in [2.24, 2.45) is 0 Å². The van der Waals surface area contributed by atoms with Gasteiger partial charge in [-0.1, -0.05) is 13.3 Å². The molecule has 0 saturated carbocycles. The van der Waals surface area contributed by atoms with Crippen molar-refractivity contribution < 1.29 is 0 Å². The molecular weight excluding hydrogens is 364 g/mol. The van der Waals surface area contributed by atoms with Crippen LogP contribution in [-0.2, 0) is 0 Å². The highest BCUT2D eigenvalue weighted by atomic mass is 15.5. The topological polar surface area (TPSA) is 61.1 Å². The zero-order chi connectivity index (χ0) is 19.9. The molecule has 0 bridgehead atoms. The third kappa shape index (κ3) is 4.80. The highest BCUT2D eigenvalue weighted by Gasteiger charge is 2.52. The van der Waals surface area contributed by atoms with Gasteiger partial charge in [0.15, 0.2) is 0 Å². The van der Waals surface area contributed by atoms with Gasteiger partial charge in [0.1, 0.15) is 5.66 Å². The van der Waals surface area contributed by atoms with Gasteiger partial charge in [-0.15, -0.1) is 0 Å². The second-order valence-corrected chi connectivity index (χ2v) is 9.05. The molecular formula is C21H44N8. The molecule has 4 aliphatic rings. The third-order valence-corrected chi connectivity index (χ3v) is 7.36. The molecule has 29 heavy (non-hydrogen) atoms. The Bertz CT molecular complexity index is 429. The maximum atomic E-state index is 3.61. The van der Waals surface area contributed by atoms with E-state index in [1.807, 2.05) is 0 Å². The van der Waals surface area contributed by atoms with Gasteiger partial charge < -0.3 is 21.3 Å². The molecule has 4 N–H and O–H groups in total. The molecule has 0 radical (unpaired) electrons. The fourth-order valence-corrected chi connectivity index (χ4v) is 6.11. The molecule has 0 aliphatic carbocycles. The van der Waals surface area contributed by atoms with Crippen molar-refractivity contribution in [1.82, 2.24) is 40.9 Å². The number of hydrogen-bond acceptors (Lipinski definition) is 8. The summed E-state index contributed by atoms with van der Waals surface area (Å²) >= 11 is 0. The molecule has 0 unspecified atom stereocenters. The summed E-state index contributed by atoms with van der Waals surface area (Å²) in [5.74, 6) is 0. The van der Waals surface area contributed by atoms with Gasteiger partial charge in [-0.3, -0.25) is 19.6 Å². The highest BCUT2D eigenvalue weighted by molar-refractivity contribution is 5.04. The Morgan fingerprint density at radius 1 is 0.586 bits per heavy atom. The average molecular weight is 409 g/mol. The fraction of sp³-hybridized carbons (Fsp3) is 1.00. The summed E-state index contributed by atoms with van der Waals surface area (Å²) in [5, 5.41) is 14.4. The van der Waals surface area contributed by atoms with Crippen molar-refractivity contribution in [3.8, 4) is 0 Å². The molecule has 0 spiro atoms. The van der Waals surface area contributed by atoms with Crippen LogP contribution in [0.3, 0.4) is 0 Å². The van der Waals surface area contributed by atoms with Crippen molar-refractivity contribution in [1.29, 1.82) is 0 Å². The number of nitrogens with one attached hydrogen (secondary N) is 4. The minimum Gasteiger partial charge on any atom is -0.314 e. The SMILES string of the molecule is CCCC(C(N1CCNCC1)N1CCNCC1)(N1CCNCC1)N1CCNCC1. The summed E-state index contributed by atoms with van der Waals surface area (Å²) in [6.07, 6.45) is 2.97. The van der Waals surface area contributed by atoms with Crippen molar-refractivity contribution in [2.45, 2.75) is 31.6 Å². The lowest BCUT2D eigenvalue weighted by Gasteiger charge is -2.62. The molecule has 0 aromatic carbocycles. The van der Waals surface area contributed by atoms with Crippen LogP contribution in [0.4, 0.5) is 0 Å². The Balaban J connectivity index is 1.73. The lowest BCUT2D eigenvalue weighted by Crippen LogP contribution is -2.79. The van der Waals surface area contributed by atoms with Gasteiger partial charge in [-0.05, 0) is 6.42 Å². The number of piperazine rings is 4. The predicted molar refractivity (Wildman–Crippen MR) is 119 cm³/mol. The van der Waals surface area contributed by atoms with Gasteiger partial charge >= 0.3 is 0 Å². The highest BCUT2D eigenvalue weighted by Crippen LogP contribution is 2.36. The summed E-state index contributed by atoms with van der Waals surface area (Å²) < 4.78 is 0. The summed E-state index contributed by atoms with van der Waals surface area (Å²) in [4.78, 5) is 11.4. The first-order valence-electron chi connectivity index (χ1n) is 12.2. The minimum atomic E-state index is 0.105. The number of hydrogen-bond donors (Lipinski definition) is 4. The van der Waals surface area contributed by atoms with Gasteiger partial charge in [0.05, 0.1) is 6.17 Å². The molecule has 0 aromatic heterocycles. The Labute approximate surface area is 177 Å². The molecule has 0 aromatic rings. The molecule has 168 valence electrons. The summed E-state index contributed by atoms with van der Waals surface area (Å²) in [6, 6.07) is 0. The van der Waals surface area contributed by atoms with Crippen LogP contribution in [-0.4, -0.2) is 136 Å². The van der Waals surface area contributed by atoms with E-state index in [0.29, 0.717) is 6.17 Å². The Hall–Kier alpha value is -0.320. The van der Waals surface area contributed by atoms with Gasteiger partial charge in [0.2, 0.25) is 0 Å². The van der Waals surface area contributed by atoms with Crippen molar-refractivity contribution in [3.05, 3.63) is 0 Å². The van der Waals surface area contributed by atoms with Crippen LogP contribution in [0.25, 0.3) is 0 Å². The summed E-state index contributed by atoms with van der Waals surface area (Å²) in [7, 11) is 0. The summed E-state index contributed by atoms with van der Waals surface area (Å²) in [5.41, 5.74) is 0.105. The molecule has 4 heterocycles. The molecule has 0 atom stereocenters. The van der Waals surface area contributed by atoms with Crippen LogP contribution < -0.4 is 21.3 Å². The van der Waals surface area contributed by atoms with Crippen LogP contribution in [0, 0.1) is 0 Å². The van der Waals surface area contributed by atoms with E-state index in [0.717, 1.165) is 78.5 Å². The fourth-order valence-electron chi connectivity index (χ4n) is 6.11. The quantitative estimate of drug-likeness (QED) is 0.403. The molecule has 8 heteroatoms. The van der Waals surface area contributed by atoms with Gasteiger partial charge in [0.25, 0.3) is 0 Å². The Morgan fingerprint density at radius 3 is 1.28 bits per heavy atom. The van der Waals surface area contributed by atoms with E-state index in [4.69, 9.17) is 0 Å². The summed E-state index contributed by atoms with van der Waals surface area (Å²) in [6.45, 7) is 20.7. The largest absolute Gasteiger partial charge is 0.314 e. The molecule has 4 saturated heterocycles. The molecule has 0 amide bonds. The zero-order valence-corrected chi connectivity index (χ0v) is 18.6. The molecule has 4 aliphatic heterocycles. The molecule has 4 rings (SSSR count). The van der Waals surface area contributed by atoms with E-state index in [1.54, 1.807) is 0 Å². The second-order valence-electron chi connectivity index (χ2n) is 9.05.